The number of benzene rings is 1. The summed E-state index contributed by atoms with van der Waals surface area (Å²) in [5, 5.41) is 2.98. The summed E-state index contributed by atoms with van der Waals surface area (Å²) in [5.41, 5.74) is 1.73. The molecule has 1 aromatic heterocycles. The fourth-order valence-corrected chi connectivity index (χ4v) is 3.49. The number of amides is 1. The van der Waals surface area contributed by atoms with E-state index in [0.29, 0.717) is 21.9 Å². The maximum Gasteiger partial charge on any atom is 0.341 e. The minimum atomic E-state index is -0.554. The topological polar surface area (TPSA) is 90.9 Å². The van der Waals surface area contributed by atoms with E-state index in [-0.39, 0.29) is 6.42 Å². The maximum atomic E-state index is 12.1. The highest BCUT2D eigenvalue weighted by Crippen LogP contribution is 2.32. The van der Waals surface area contributed by atoms with Crippen molar-refractivity contribution >= 4 is 34.2 Å². The third kappa shape index (κ3) is 5.07. The molecule has 1 aromatic carbocycles. The Balaban J connectivity index is 1.96. The molecule has 0 aliphatic rings. The zero-order valence-electron chi connectivity index (χ0n) is 15.6. The number of carbonyl (C=O) groups excluding carboxylic acids is 3. The van der Waals surface area contributed by atoms with Crippen LogP contribution in [-0.2, 0) is 25.5 Å². The highest BCUT2D eigenvalue weighted by Gasteiger charge is 2.22. The quantitative estimate of drug-likeness (QED) is 0.730. The number of aryl methyl sites for hydroxylation is 1. The molecule has 0 saturated carbocycles. The van der Waals surface area contributed by atoms with Crippen molar-refractivity contribution < 1.29 is 28.6 Å². The van der Waals surface area contributed by atoms with Gasteiger partial charge >= 0.3 is 11.9 Å². The molecule has 1 amide bonds. The molecule has 27 heavy (non-hydrogen) atoms. The van der Waals surface area contributed by atoms with Crippen molar-refractivity contribution in [2.24, 2.45) is 0 Å². The second-order valence-corrected chi connectivity index (χ2v) is 6.90. The van der Waals surface area contributed by atoms with Gasteiger partial charge in [0, 0.05) is 10.4 Å². The van der Waals surface area contributed by atoms with Crippen LogP contribution in [0.3, 0.4) is 0 Å². The summed E-state index contributed by atoms with van der Waals surface area (Å²) in [6.07, 6.45) is -0.0120. The van der Waals surface area contributed by atoms with Crippen molar-refractivity contribution in [1.82, 2.24) is 0 Å². The van der Waals surface area contributed by atoms with Gasteiger partial charge in [-0.25, -0.2) is 4.79 Å². The Morgan fingerprint density at radius 1 is 1.11 bits per heavy atom. The molecule has 0 aliphatic heterocycles. The molecule has 1 heterocycles. The molecule has 0 radical (unpaired) electrons. The summed E-state index contributed by atoms with van der Waals surface area (Å²) in [5.74, 6) is -1.04. The van der Waals surface area contributed by atoms with Gasteiger partial charge in [-0.3, -0.25) is 9.59 Å². The van der Waals surface area contributed by atoms with Crippen LogP contribution in [0.4, 0.5) is 5.00 Å². The molecule has 0 spiro atoms. The largest absolute Gasteiger partial charge is 0.496 e. The van der Waals surface area contributed by atoms with Gasteiger partial charge in [-0.15, -0.1) is 11.3 Å². The van der Waals surface area contributed by atoms with Crippen LogP contribution < -0.4 is 10.1 Å². The lowest BCUT2D eigenvalue weighted by Gasteiger charge is -2.09. The van der Waals surface area contributed by atoms with E-state index in [1.54, 1.807) is 31.2 Å². The lowest BCUT2D eigenvalue weighted by atomic mass is 10.1. The van der Waals surface area contributed by atoms with Gasteiger partial charge in [0.15, 0.2) is 6.61 Å². The van der Waals surface area contributed by atoms with Gasteiger partial charge in [-0.2, -0.15) is 0 Å². The van der Waals surface area contributed by atoms with Crippen LogP contribution in [0.25, 0.3) is 0 Å². The summed E-state index contributed by atoms with van der Waals surface area (Å²) >= 11 is 1.27. The Bertz CT molecular complexity index is 858. The van der Waals surface area contributed by atoms with Gasteiger partial charge in [0.05, 0.1) is 26.2 Å². The molecule has 144 valence electrons. The van der Waals surface area contributed by atoms with Crippen molar-refractivity contribution in [2.75, 3.05) is 26.1 Å². The second-order valence-electron chi connectivity index (χ2n) is 5.68. The molecule has 0 bridgehead atoms. The highest BCUT2D eigenvalue weighted by molar-refractivity contribution is 7.16. The van der Waals surface area contributed by atoms with Gasteiger partial charge in [0.2, 0.25) is 0 Å². The summed E-state index contributed by atoms with van der Waals surface area (Å²) in [6, 6.07) is 7.07. The number of para-hydroxylation sites is 1. The zero-order valence-corrected chi connectivity index (χ0v) is 16.4. The average molecular weight is 391 g/mol. The number of thiophene rings is 1. The van der Waals surface area contributed by atoms with E-state index in [2.05, 4.69) is 5.32 Å². The molecule has 0 saturated heterocycles. The first kappa shape index (κ1) is 20.4. The molecule has 7 nitrogen and oxygen atoms in total. The van der Waals surface area contributed by atoms with Crippen LogP contribution >= 0.6 is 11.3 Å². The number of anilines is 1. The lowest BCUT2D eigenvalue weighted by Crippen LogP contribution is -2.22. The van der Waals surface area contributed by atoms with E-state index in [0.717, 1.165) is 10.4 Å². The van der Waals surface area contributed by atoms with Gasteiger partial charge in [0.1, 0.15) is 10.8 Å². The first-order valence-electron chi connectivity index (χ1n) is 8.13. The summed E-state index contributed by atoms with van der Waals surface area (Å²) < 4.78 is 15.0. The van der Waals surface area contributed by atoms with Crippen LogP contribution in [0.2, 0.25) is 0 Å². The number of rotatable bonds is 7. The van der Waals surface area contributed by atoms with Crippen molar-refractivity contribution in [3.63, 3.8) is 0 Å². The van der Waals surface area contributed by atoms with Gasteiger partial charge in [-0.05, 0) is 25.5 Å². The van der Waals surface area contributed by atoms with Crippen molar-refractivity contribution in [3.05, 3.63) is 45.8 Å². The van der Waals surface area contributed by atoms with Crippen molar-refractivity contribution in [3.8, 4) is 5.75 Å². The minimum absolute atomic E-state index is 0.0120. The van der Waals surface area contributed by atoms with Crippen LogP contribution in [0.5, 0.6) is 5.75 Å². The SMILES string of the molecule is COC(=O)c1c(NC(=O)COC(=O)Cc2ccccc2OC)sc(C)c1C. The summed E-state index contributed by atoms with van der Waals surface area (Å²) in [7, 11) is 2.79. The molecule has 2 aromatic rings. The number of ether oxygens (including phenoxy) is 3. The Morgan fingerprint density at radius 2 is 1.81 bits per heavy atom. The second kappa shape index (κ2) is 9.18. The third-order valence-electron chi connectivity index (χ3n) is 3.92. The molecular formula is C19H21NO6S. The van der Waals surface area contributed by atoms with E-state index in [1.807, 2.05) is 6.92 Å². The Kier molecular flexibility index (Phi) is 6.95. The van der Waals surface area contributed by atoms with Crippen molar-refractivity contribution in [2.45, 2.75) is 20.3 Å². The van der Waals surface area contributed by atoms with E-state index >= 15 is 0 Å². The van der Waals surface area contributed by atoms with Gasteiger partial charge < -0.3 is 19.5 Å². The van der Waals surface area contributed by atoms with Crippen LogP contribution in [0.15, 0.2) is 24.3 Å². The third-order valence-corrected chi connectivity index (χ3v) is 5.04. The number of nitrogens with one attached hydrogen (secondary N) is 1. The number of hydrogen-bond donors (Lipinski definition) is 1. The summed E-state index contributed by atoms with van der Waals surface area (Å²) in [6.45, 7) is 3.17. The fraction of sp³-hybridized carbons (Fsp3) is 0.316. The highest BCUT2D eigenvalue weighted by atomic mass is 32.1. The van der Waals surface area contributed by atoms with Gasteiger partial charge in [0.25, 0.3) is 5.91 Å². The molecule has 0 fully saturated rings. The zero-order chi connectivity index (χ0) is 20.0. The Hall–Kier alpha value is -2.87. The molecule has 1 N–H and O–H groups in total. The molecular weight excluding hydrogens is 370 g/mol. The molecule has 0 atom stereocenters. The van der Waals surface area contributed by atoms with Crippen LogP contribution in [0.1, 0.15) is 26.4 Å². The van der Waals surface area contributed by atoms with E-state index in [9.17, 15) is 14.4 Å². The normalized spacial score (nSPS) is 10.2. The monoisotopic (exact) mass is 391 g/mol. The standard InChI is InChI=1S/C19H21NO6S/c1-11-12(2)27-18(17(11)19(23)25-4)20-15(21)10-26-16(22)9-13-7-5-6-8-14(13)24-3/h5-8H,9-10H2,1-4H3,(H,20,21). The van der Waals surface area contributed by atoms with E-state index in [1.165, 1.54) is 25.6 Å². The fourth-order valence-electron chi connectivity index (χ4n) is 2.43. The van der Waals surface area contributed by atoms with E-state index in [4.69, 9.17) is 14.2 Å². The Morgan fingerprint density at radius 3 is 2.48 bits per heavy atom. The average Bonchev–Trinajstić information content (AvgIpc) is 2.93. The minimum Gasteiger partial charge on any atom is -0.496 e. The van der Waals surface area contributed by atoms with Crippen LogP contribution in [-0.4, -0.2) is 38.7 Å². The van der Waals surface area contributed by atoms with E-state index < -0.39 is 24.5 Å². The number of esters is 2. The molecule has 2 rings (SSSR count). The first-order valence-corrected chi connectivity index (χ1v) is 8.94. The predicted molar refractivity (Wildman–Crippen MR) is 101 cm³/mol. The van der Waals surface area contributed by atoms with Gasteiger partial charge in [-0.1, -0.05) is 18.2 Å². The molecule has 8 heteroatoms. The first-order chi connectivity index (χ1) is 12.9. The number of carbonyl (C=O) groups is 3. The lowest BCUT2D eigenvalue weighted by molar-refractivity contribution is -0.146. The number of hydrogen-bond acceptors (Lipinski definition) is 7. The Labute approximate surface area is 161 Å². The molecule has 0 unspecified atom stereocenters. The number of methoxy groups -OCH3 is 2. The van der Waals surface area contributed by atoms with Crippen LogP contribution in [0, 0.1) is 13.8 Å². The molecule has 0 aliphatic carbocycles. The smallest absolute Gasteiger partial charge is 0.341 e. The maximum absolute atomic E-state index is 12.1. The van der Waals surface area contributed by atoms with Crippen molar-refractivity contribution in [1.29, 1.82) is 0 Å². The summed E-state index contributed by atoms with van der Waals surface area (Å²) in [4.78, 5) is 36.9. The predicted octanol–water partition coefficient (Wildman–Crippen LogP) is 2.88.